The van der Waals surface area contributed by atoms with E-state index in [4.69, 9.17) is 4.74 Å². The Morgan fingerprint density at radius 2 is 0.602 bits per heavy atom. The standard InChI is InChI=1S/C77H147NO5/c1-3-5-7-9-11-13-15-17-19-20-36-39-42-45-49-53-57-61-65-69-75(80)74(73-79)78-76(81)70-66-62-58-54-50-46-43-40-37-34-32-30-28-26-24-22-21-23-25-27-29-31-33-35-38-41-44-48-52-56-60-64-68-72-83-77(82)71-67-63-59-55-51-47-18-16-14-12-10-8-6-4-2/h16,18,25,27,31,33,74-75,79-80H,3-15,17,19-24,26,28-30,32,34-73H2,1-2H3,(H,78,81)/b18-16-,27-25-,33-31-. The molecule has 0 bridgehead atoms. The van der Waals surface area contributed by atoms with E-state index in [0.717, 1.165) is 51.4 Å². The van der Waals surface area contributed by atoms with Gasteiger partial charge in [0, 0.05) is 12.8 Å². The lowest BCUT2D eigenvalue weighted by Gasteiger charge is -2.22. The van der Waals surface area contributed by atoms with Crippen molar-refractivity contribution in [2.75, 3.05) is 13.2 Å². The van der Waals surface area contributed by atoms with Gasteiger partial charge in [0.05, 0.1) is 25.4 Å². The number of aliphatic hydroxyl groups excluding tert-OH is 2. The van der Waals surface area contributed by atoms with Crippen LogP contribution < -0.4 is 5.32 Å². The van der Waals surface area contributed by atoms with E-state index in [1.165, 1.54) is 334 Å². The molecule has 83 heavy (non-hydrogen) atoms. The third-order valence-electron chi connectivity index (χ3n) is 17.7. The molecule has 490 valence electrons. The Morgan fingerprint density at radius 1 is 0.337 bits per heavy atom. The van der Waals surface area contributed by atoms with Gasteiger partial charge in [-0.3, -0.25) is 9.59 Å². The van der Waals surface area contributed by atoms with E-state index in [9.17, 15) is 19.8 Å². The van der Waals surface area contributed by atoms with Crippen molar-refractivity contribution in [1.29, 1.82) is 0 Å². The fraction of sp³-hybridized carbons (Fsp3) is 0.896. The van der Waals surface area contributed by atoms with Gasteiger partial charge in [0.2, 0.25) is 5.91 Å². The van der Waals surface area contributed by atoms with Crippen LogP contribution in [0.3, 0.4) is 0 Å². The summed E-state index contributed by atoms with van der Waals surface area (Å²) in [6.45, 7) is 4.98. The zero-order chi connectivity index (χ0) is 59.9. The maximum absolute atomic E-state index is 12.5. The highest BCUT2D eigenvalue weighted by Gasteiger charge is 2.20. The number of esters is 1. The molecule has 2 unspecified atom stereocenters. The van der Waals surface area contributed by atoms with Crippen LogP contribution in [0.1, 0.15) is 418 Å². The Hall–Kier alpha value is -1.92. The average molecular weight is 1170 g/mol. The number of hydrogen-bond acceptors (Lipinski definition) is 5. The van der Waals surface area contributed by atoms with Gasteiger partial charge in [-0.25, -0.2) is 0 Å². The minimum atomic E-state index is -0.664. The van der Waals surface area contributed by atoms with E-state index < -0.39 is 12.1 Å². The van der Waals surface area contributed by atoms with Crippen molar-refractivity contribution in [1.82, 2.24) is 5.32 Å². The molecule has 6 heteroatoms. The molecule has 2 atom stereocenters. The van der Waals surface area contributed by atoms with E-state index in [0.29, 0.717) is 25.9 Å². The summed E-state index contributed by atoms with van der Waals surface area (Å²) in [6.07, 6.45) is 93.6. The van der Waals surface area contributed by atoms with Gasteiger partial charge in [-0.1, -0.05) is 359 Å². The monoisotopic (exact) mass is 1170 g/mol. The predicted molar refractivity (Wildman–Crippen MR) is 366 cm³/mol. The number of unbranched alkanes of at least 4 members (excludes halogenated alkanes) is 54. The van der Waals surface area contributed by atoms with E-state index in [2.05, 4.69) is 55.6 Å². The molecule has 0 heterocycles. The van der Waals surface area contributed by atoms with Crippen LogP contribution in [0.2, 0.25) is 0 Å². The molecular weight excluding hydrogens is 1020 g/mol. The Morgan fingerprint density at radius 3 is 0.928 bits per heavy atom. The van der Waals surface area contributed by atoms with Crippen molar-refractivity contribution in [2.24, 2.45) is 0 Å². The fourth-order valence-corrected chi connectivity index (χ4v) is 11.9. The lowest BCUT2D eigenvalue weighted by molar-refractivity contribution is -0.143. The Balaban J connectivity index is 3.38. The molecule has 6 nitrogen and oxygen atoms in total. The van der Waals surface area contributed by atoms with Crippen LogP contribution in [0.25, 0.3) is 0 Å². The quantitative estimate of drug-likeness (QED) is 0.0320. The predicted octanol–water partition coefficient (Wildman–Crippen LogP) is 24.7. The number of aliphatic hydroxyl groups is 2. The van der Waals surface area contributed by atoms with E-state index >= 15 is 0 Å². The largest absolute Gasteiger partial charge is 0.466 e. The lowest BCUT2D eigenvalue weighted by Crippen LogP contribution is -2.45. The third kappa shape index (κ3) is 69.1. The van der Waals surface area contributed by atoms with E-state index in [1.807, 2.05) is 0 Å². The molecule has 0 aromatic rings. The lowest BCUT2D eigenvalue weighted by atomic mass is 10.0. The molecule has 0 spiro atoms. The summed E-state index contributed by atoms with van der Waals surface area (Å²) in [6, 6.07) is -0.541. The number of amides is 1. The number of allylic oxidation sites excluding steroid dienone is 6. The second-order valence-corrected chi connectivity index (χ2v) is 26.0. The van der Waals surface area contributed by atoms with Crippen LogP contribution in [0.15, 0.2) is 36.5 Å². The summed E-state index contributed by atoms with van der Waals surface area (Å²) in [7, 11) is 0. The molecule has 0 aliphatic carbocycles. The topological polar surface area (TPSA) is 95.9 Å². The van der Waals surface area contributed by atoms with E-state index in [1.54, 1.807) is 0 Å². The van der Waals surface area contributed by atoms with Crippen molar-refractivity contribution in [3.05, 3.63) is 36.5 Å². The second-order valence-electron chi connectivity index (χ2n) is 26.0. The van der Waals surface area contributed by atoms with Gasteiger partial charge >= 0.3 is 5.97 Å². The number of ether oxygens (including phenoxy) is 1. The van der Waals surface area contributed by atoms with Crippen LogP contribution in [-0.4, -0.2) is 47.4 Å². The van der Waals surface area contributed by atoms with Crippen molar-refractivity contribution >= 4 is 11.9 Å². The molecule has 0 fully saturated rings. The minimum absolute atomic E-state index is 0.00615. The van der Waals surface area contributed by atoms with Crippen LogP contribution in [0, 0.1) is 0 Å². The molecule has 0 aromatic heterocycles. The molecule has 0 radical (unpaired) electrons. The Labute approximate surface area is 519 Å². The smallest absolute Gasteiger partial charge is 0.305 e. The van der Waals surface area contributed by atoms with Crippen LogP contribution >= 0.6 is 0 Å². The maximum atomic E-state index is 12.5. The number of hydrogen-bond donors (Lipinski definition) is 3. The maximum Gasteiger partial charge on any atom is 0.305 e. The molecule has 0 saturated carbocycles. The highest BCUT2D eigenvalue weighted by molar-refractivity contribution is 5.76. The molecule has 0 rings (SSSR count). The summed E-state index contributed by atoms with van der Waals surface area (Å²) < 4.78 is 5.48. The average Bonchev–Trinajstić information content (AvgIpc) is 3.48. The Kier molecular flexibility index (Phi) is 70.9. The summed E-state index contributed by atoms with van der Waals surface area (Å²) in [5.74, 6) is -0.0228. The zero-order valence-corrected chi connectivity index (χ0v) is 56.2. The molecule has 1 amide bonds. The number of carbonyl (C=O) groups is 2. The number of nitrogens with one attached hydrogen (secondary N) is 1. The number of rotatable bonds is 71. The molecule has 0 aliphatic heterocycles. The molecule has 0 saturated heterocycles. The number of carbonyl (C=O) groups excluding carboxylic acids is 2. The van der Waals surface area contributed by atoms with Crippen molar-refractivity contribution in [3.8, 4) is 0 Å². The minimum Gasteiger partial charge on any atom is -0.466 e. The van der Waals surface area contributed by atoms with Gasteiger partial charge in [-0.2, -0.15) is 0 Å². The summed E-state index contributed by atoms with van der Waals surface area (Å²) >= 11 is 0. The van der Waals surface area contributed by atoms with Gasteiger partial charge in [0.15, 0.2) is 0 Å². The second kappa shape index (κ2) is 72.6. The van der Waals surface area contributed by atoms with E-state index in [-0.39, 0.29) is 18.5 Å². The molecular formula is C77H147NO5. The van der Waals surface area contributed by atoms with Gasteiger partial charge in [0.25, 0.3) is 0 Å². The van der Waals surface area contributed by atoms with Crippen LogP contribution in [0.4, 0.5) is 0 Å². The fourth-order valence-electron chi connectivity index (χ4n) is 11.9. The van der Waals surface area contributed by atoms with Gasteiger partial charge in [-0.05, 0) is 83.5 Å². The Bertz CT molecular complexity index is 1340. The third-order valence-corrected chi connectivity index (χ3v) is 17.7. The summed E-state index contributed by atoms with van der Waals surface area (Å²) in [5.41, 5.74) is 0. The summed E-state index contributed by atoms with van der Waals surface area (Å²) in [4.78, 5) is 24.6. The van der Waals surface area contributed by atoms with Crippen molar-refractivity contribution in [3.63, 3.8) is 0 Å². The normalized spacial score (nSPS) is 12.7. The van der Waals surface area contributed by atoms with Crippen LogP contribution in [-0.2, 0) is 14.3 Å². The molecule has 3 N–H and O–H groups in total. The molecule has 0 aromatic carbocycles. The first kappa shape index (κ1) is 81.1. The van der Waals surface area contributed by atoms with Gasteiger partial charge in [0.1, 0.15) is 0 Å². The SMILES string of the molecule is CCCCCCC/C=C\CCCCCCCC(=O)OCCCCCCCCCCC/C=C\C/C=C\CCCCCCCCCCCCCCCCCCCC(=O)NC(CO)C(O)CCCCCCCCCCCCCCCCCCCCC. The first-order chi connectivity index (χ1) is 41.0. The first-order valence-electron chi connectivity index (χ1n) is 37.7. The van der Waals surface area contributed by atoms with Gasteiger partial charge < -0.3 is 20.3 Å². The summed E-state index contributed by atoms with van der Waals surface area (Å²) in [5, 5.41) is 23.4. The van der Waals surface area contributed by atoms with Crippen LogP contribution in [0.5, 0.6) is 0 Å². The van der Waals surface area contributed by atoms with Crippen molar-refractivity contribution < 1.29 is 24.5 Å². The highest BCUT2D eigenvalue weighted by atomic mass is 16.5. The zero-order valence-electron chi connectivity index (χ0n) is 56.2. The van der Waals surface area contributed by atoms with Crippen molar-refractivity contribution in [2.45, 2.75) is 431 Å². The highest BCUT2D eigenvalue weighted by Crippen LogP contribution is 2.19. The first-order valence-corrected chi connectivity index (χ1v) is 37.7. The van der Waals surface area contributed by atoms with Gasteiger partial charge in [-0.15, -0.1) is 0 Å². The molecule has 0 aliphatic rings.